The topological polar surface area (TPSA) is 136 Å². The Hall–Kier alpha value is -3.54. The summed E-state index contributed by atoms with van der Waals surface area (Å²) in [4.78, 5) is 39.9. The lowest BCUT2D eigenvalue weighted by Crippen LogP contribution is -2.38. The molecule has 4 rings (SSSR count). The van der Waals surface area contributed by atoms with Gasteiger partial charge < -0.3 is 15.0 Å². The lowest BCUT2D eigenvalue weighted by atomic mass is 10.1. The Bertz CT molecular complexity index is 1460. The van der Waals surface area contributed by atoms with Gasteiger partial charge in [0.15, 0.2) is 6.61 Å². The molecule has 1 aromatic heterocycles. The van der Waals surface area contributed by atoms with Crippen molar-refractivity contribution in [2.45, 2.75) is 50.5 Å². The molecule has 2 aromatic carbocycles. The molecule has 0 radical (unpaired) electrons. The Kier molecular flexibility index (Phi) is 8.29. The monoisotopic (exact) mass is 555 g/mol. The molecular weight excluding hydrogens is 526 g/mol. The second kappa shape index (κ2) is 11.5. The number of unbranched alkanes of at least 4 members (excludes halogenated alkanes) is 1. The fourth-order valence-electron chi connectivity index (χ4n) is 4.38. The lowest BCUT2D eigenvalue weighted by molar-refractivity contribution is -0.122. The molecule has 200 valence electrons. The van der Waals surface area contributed by atoms with Crippen molar-refractivity contribution < 1.29 is 27.5 Å². The van der Waals surface area contributed by atoms with Gasteiger partial charge in [-0.05, 0) is 79.1 Å². The van der Waals surface area contributed by atoms with Crippen molar-refractivity contribution >= 4 is 49.8 Å². The van der Waals surface area contributed by atoms with Crippen LogP contribution in [0, 0.1) is 0 Å². The van der Waals surface area contributed by atoms with Gasteiger partial charge in [-0.2, -0.15) is 0 Å². The maximum atomic E-state index is 13.0. The van der Waals surface area contributed by atoms with Crippen molar-refractivity contribution in [1.82, 2.24) is 0 Å². The predicted octanol–water partition coefficient (Wildman–Crippen LogP) is 4.13. The van der Waals surface area contributed by atoms with Crippen LogP contribution in [0.3, 0.4) is 0 Å². The molecule has 0 aliphatic carbocycles. The van der Waals surface area contributed by atoms with Crippen molar-refractivity contribution in [3.8, 4) is 0 Å². The molecule has 0 saturated heterocycles. The Morgan fingerprint density at radius 1 is 1.13 bits per heavy atom. The SMILES string of the molecule is CCCCc1ccc(C(=O)Nc2sccc2C(=O)OCC(=O)N2c3ccc(S(N)(=O)=O)cc3CC2C)cc1. The first-order valence-corrected chi connectivity index (χ1v) is 14.6. The van der Waals surface area contributed by atoms with Crippen LogP contribution in [-0.4, -0.2) is 38.9 Å². The molecule has 2 amide bonds. The van der Waals surface area contributed by atoms with E-state index in [1.807, 2.05) is 19.1 Å². The van der Waals surface area contributed by atoms with E-state index in [-0.39, 0.29) is 22.4 Å². The molecule has 3 aromatic rings. The molecule has 1 unspecified atom stereocenters. The summed E-state index contributed by atoms with van der Waals surface area (Å²) < 4.78 is 28.6. The fraction of sp³-hybridized carbons (Fsp3) is 0.296. The van der Waals surface area contributed by atoms with Crippen LogP contribution in [0.5, 0.6) is 0 Å². The lowest BCUT2D eigenvalue weighted by Gasteiger charge is -2.22. The molecule has 38 heavy (non-hydrogen) atoms. The summed E-state index contributed by atoms with van der Waals surface area (Å²) in [5.74, 6) is -1.53. The van der Waals surface area contributed by atoms with Gasteiger partial charge in [-0.3, -0.25) is 9.59 Å². The maximum absolute atomic E-state index is 13.0. The third-order valence-corrected chi connectivity index (χ3v) is 8.08. The van der Waals surface area contributed by atoms with E-state index in [0.29, 0.717) is 28.2 Å². The summed E-state index contributed by atoms with van der Waals surface area (Å²) in [5.41, 5.74) is 3.01. The number of carbonyl (C=O) groups is 3. The molecule has 11 heteroatoms. The molecule has 0 spiro atoms. The minimum atomic E-state index is -3.86. The number of hydrogen-bond acceptors (Lipinski definition) is 7. The number of fused-ring (bicyclic) bond motifs is 1. The number of nitrogens with two attached hydrogens (primary N) is 1. The number of primary sulfonamides is 1. The van der Waals surface area contributed by atoms with Crippen LogP contribution in [0.4, 0.5) is 10.7 Å². The Morgan fingerprint density at radius 3 is 2.55 bits per heavy atom. The molecule has 0 bridgehead atoms. The zero-order chi connectivity index (χ0) is 27.4. The number of sulfonamides is 1. The zero-order valence-corrected chi connectivity index (χ0v) is 22.7. The average molecular weight is 556 g/mol. The van der Waals surface area contributed by atoms with Crippen molar-refractivity contribution in [1.29, 1.82) is 0 Å². The smallest absolute Gasteiger partial charge is 0.341 e. The molecular formula is C27H29N3O6S2. The van der Waals surface area contributed by atoms with E-state index in [1.54, 1.807) is 17.5 Å². The molecule has 3 N–H and O–H groups in total. The van der Waals surface area contributed by atoms with Gasteiger partial charge in [0.05, 0.1) is 10.5 Å². The third kappa shape index (κ3) is 6.12. The standard InChI is InChI=1S/C27H29N3O6S2/c1-3-4-5-18-6-8-19(9-7-18)25(32)29-26-22(12-13-37-26)27(33)36-16-24(31)30-17(2)14-20-15-21(38(28,34)35)10-11-23(20)30/h6-13,15,17H,3-5,14,16H2,1-2H3,(H,29,32)(H2,28,34,35). The van der Waals surface area contributed by atoms with Gasteiger partial charge in [0, 0.05) is 17.3 Å². The van der Waals surface area contributed by atoms with Crippen molar-refractivity contribution in [2.75, 3.05) is 16.8 Å². The zero-order valence-electron chi connectivity index (χ0n) is 21.1. The highest BCUT2D eigenvalue weighted by Crippen LogP contribution is 2.34. The summed E-state index contributed by atoms with van der Waals surface area (Å²) in [6, 6.07) is 13.0. The minimum absolute atomic E-state index is 0.0244. The number of carbonyl (C=O) groups excluding carboxylic acids is 3. The van der Waals surface area contributed by atoms with Gasteiger partial charge in [-0.1, -0.05) is 25.5 Å². The van der Waals surface area contributed by atoms with Gasteiger partial charge in [-0.15, -0.1) is 11.3 Å². The molecule has 0 saturated carbocycles. The van der Waals surface area contributed by atoms with E-state index in [0.717, 1.165) is 24.8 Å². The summed E-state index contributed by atoms with van der Waals surface area (Å²) in [5, 5.41) is 9.96. The second-order valence-corrected chi connectivity index (χ2v) is 11.6. The number of amides is 2. The van der Waals surface area contributed by atoms with E-state index < -0.39 is 28.5 Å². The molecule has 1 atom stereocenters. The number of hydrogen-bond donors (Lipinski definition) is 2. The number of esters is 1. The fourth-order valence-corrected chi connectivity index (χ4v) is 5.72. The summed E-state index contributed by atoms with van der Waals surface area (Å²) >= 11 is 1.18. The largest absolute Gasteiger partial charge is 0.452 e. The predicted molar refractivity (Wildman–Crippen MR) is 146 cm³/mol. The normalized spacial score (nSPS) is 14.7. The van der Waals surface area contributed by atoms with Crippen LogP contribution < -0.4 is 15.4 Å². The first-order valence-electron chi connectivity index (χ1n) is 12.2. The molecule has 2 heterocycles. The number of nitrogens with one attached hydrogen (secondary N) is 1. The number of aryl methyl sites for hydroxylation is 1. The number of rotatable bonds is 9. The summed E-state index contributed by atoms with van der Waals surface area (Å²) in [7, 11) is -3.86. The Morgan fingerprint density at radius 2 is 1.87 bits per heavy atom. The molecule has 1 aliphatic heterocycles. The van der Waals surface area contributed by atoms with Crippen molar-refractivity contribution in [3.63, 3.8) is 0 Å². The number of nitrogens with zero attached hydrogens (tertiary/aromatic N) is 1. The number of thiophene rings is 1. The van der Waals surface area contributed by atoms with Crippen LogP contribution in [0.2, 0.25) is 0 Å². The van der Waals surface area contributed by atoms with Crippen molar-refractivity contribution in [3.05, 3.63) is 76.2 Å². The Labute approximate surface area is 225 Å². The van der Waals surface area contributed by atoms with E-state index >= 15 is 0 Å². The number of anilines is 2. The van der Waals surface area contributed by atoms with Crippen LogP contribution in [-0.2, 0) is 32.4 Å². The highest BCUT2D eigenvalue weighted by atomic mass is 32.2. The van der Waals surface area contributed by atoms with E-state index in [2.05, 4.69) is 12.2 Å². The molecule has 0 fully saturated rings. The van der Waals surface area contributed by atoms with Crippen molar-refractivity contribution in [2.24, 2.45) is 5.14 Å². The van der Waals surface area contributed by atoms with Crippen LogP contribution in [0.15, 0.2) is 58.8 Å². The molecule has 1 aliphatic rings. The maximum Gasteiger partial charge on any atom is 0.341 e. The third-order valence-electron chi connectivity index (χ3n) is 6.34. The van der Waals surface area contributed by atoms with Gasteiger partial charge in [0.25, 0.3) is 11.8 Å². The molecule has 9 nitrogen and oxygen atoms in total. The Balaban J connectivity index is 1.38. The van der Waals surface area contributed by atoms with E-state index in [9.17, 15) is 22.8 Å². The van der Waals surface area contributed by atoms with Gasteiger partial charge in [0.2, 0.25) is 10.0 Å². The highest BCUT2D eigenvalue weighted by molar-refractivity contribution is 7.89. The minimum Gasteiger partial charge on any atom is -0.452 e. The van der Waals surface area contributed by atoms with Crippen LogP contribution in [0.1, 0.15) is 58.5 Å². The van der Waals surface area contributed by atoms with E-state index in [1.165, 1.54) is 40.5 Å². The first kappa shape index (κ1) is 27.5. The van der Waals surface area contributed by atoms with Crippen LogP contribution >= 0.6 is 11.3 Å². The number of benzene rings is 2. The van der Waals surface area contributed by atoms with E-state index in [4.69, 9.17) is 9.88 Å². The quantitative estimate of drug-likeness (QED) is 0.381. The van der Waals surface area contributed by atoms with Crippen LogP contribution in [0.25, 0.3) is 0 Å². The van der Waals surface area contributed by atoms with Gasteiger partial charge in [-0.25, -0.2) is 18.4 Å². The summed E-state index contributed by atoms with van der Waals surface area (Å²) in [6.07, 6.45) is 3.57. The highest BCUT2D eigenvalue weighted by Gasteiger charge is 2.32. The average Bonchev–Trinajstić information content (AvgIpc) is 3.48. The second-order valence-electron chi connectivity index (χ2n) is 9.15. The van der Waals surface area contributed by atoms with Gasteiger partial charge >= 0.3 is 5.97 Å². The summed E-state index contributed by atoms with van der Waals surface area (Å²) in [6.45, 7) is 3.43. The first-order chi connectivity index (χ1) is 18.1. The van der Waals surface area contributed by atoms with Gasteiger partial charge in [0.1, 0.15) is 5.00 Å². The number of ether oxygens (including phenoxy) is 1.